The zero-order valence-electron chi connectivity index (χ0n) is 13.8. The monoisotopic (exact) mass is 346 g/mol. The zero-order chi connectivity index (χ0) is 17.1. The summed E-state index contributed by atoms with van der Waals surface area (Å²) >= 11 is 6.33. The van der Waals surface area contributed by atoms with Crippen molar-refractivity contribution in [1.29, 1.82) is 0 Å². The Kier molecular flexibility index (Phi) is 4.53. The third kappa shape index (κ3) is 3.45. The van der Waals surface area contributed by atoms with E-state index in [1.165, 1.54) is 11.1 Å². The second kappa shape index (κ2) is 7.12. The Bertz CT molecular complexity index is 875. The standard InChI is InChI=1S/C22H19ClN2/c23-19-14-8-7-13-18(19)15-20-24-21(16-9-3-1-4-10-16)22(25-20)17-11-5-2-6-12-17/h1-14,21-22H,15H2,(H,24,25)/t21-,22+. The van der Waals surface area contributed by atoms with Crippen LogP contribution in [0.1, 0.15) is 28.8 Å². The summed E-state index contributed by atoms with van der Waals surface area (Å²) in [5, 5.41) is 4.41. The average Bonchev–Trinajstić information content (AvgIpc) is 3.09. The van der Waals surface area contributed by atoms with Crippen molar-refractivity contribution in [3.05, 3.63) is 107 Å². The Balaban J connectivity index is 1.66. The van der Waals surface area contributed by atoms with Crippen LogP contribution in [0.15, 0.2) is 89.9 Å². The van der Waals surface area contributed by atoms with Crippen molar-refractivity contribution in [2.45, 2.75) is 18.5 Å². The van der Waals surface area contributed by atoms with Gasteiger partial charge in [0, 0.05) is 11.4 Å². The van der Waals surface area contributed by atoms with Gasteiger partial charge in [-0.1, -0.05) is 90.5 Å². The summed E-state index contributed by atoms with van der Waals surface area (Å²) < 4.78 is 0. The molecule has 1 heterocycles. The van der Waals surface area contributed by atoms with E-state index >= 15 is 0 Å². The van der Waals surface area contributed by atoms with E-state index in [0.29, 0.717) is 6.42 Å². The second-order valence-electron chi connectivity index (χ2n) is 6.23. The minimum Gasteiger partial charge on any atom is -0.364 e. The molecule has 0 unspecified atom stereocenters. The van der Waals surface area contributed by atoms with E-state index in [2.05, 4.69) is 59.9 Å². The van der Waals surface area contributed by atoms with Crippen LogP contribution in [0.25, 0.3) is 0 Å². The van der Waals surface area contributed by atoms with Gasteiger partial charge in [-0.25, -0.2) is 0 Å². The summed E-state index contributed by atoms with van der Waals surface area (Å²) in [7, 11) is 0. The van der Waals surface area contributed by atoms with Gasteiger partial charge in [-0.3, -0.25) is 4.99 Å². The molecule has 2 nitrogen and oxygen atoms in total. The van der Waals surface area contributed by atoms with Gasteiger partial charge in [0.2, 0.25) is 0 Å². The van der Waals surface area contributed by atoms with Crippen molar-refractivity contribution < 1.29 is 0 Å². The van der Waals surface area contributed by atoms with Gasteiger partial charge in [0.25, 0.3) is 0 Å². The van der Waals surface area contributed by atoms with Crippen molar-refractivity contribution in [3.8, 4) is 0 Å². The lowest BCUT2D eigenvalue weighted by molar-refractivity contribution is 0.572. The number of halogens is 1. The molecule has 0 aliphatic carbocycles. The van der Waals surface area contributed by atoms with Gasteiger partial charge in [0.05, 0.1) is 6.04 Å². The number of amidine groups is 1. The molecule has 3 aromatic carbocycles. The first-order valence-electron chi connectivity index (χ1n) is 8.48. The highest BCUT2D eigenvalue weighted by molar-refractivity contribution is 6.31. The molecule has 3 heteroatoms. The van der Waals surface area contributed by atoms with E-state index < -0.39 is 0 Å². The van der Waals surface area contributed by atoms with Gasteiger partial charge in [-0.2, -0.15) is 0 Å². The first-order chi connectivity index (χ1) is 12.3. The number of rotatable bonds is 4. The van der Waals surface area contributed by atoms with Crippen molar-refractivity contribution >= 4 is 17.4 Å². The number of aliphatic imine (C=N–C) groups is 1. The highest BCUT2D eigenvalue weighted by Gasteiger charge is 2.31. The molecule has 2 atom stereocenters. The Labute approximate surface area is 153 Å². The molecule has 124 valence electrons. The third-order valence-corrected chi connectivity index (χ3v) is 4.92. The molecular weight excluding hydrogens is 328 g/mol. The Morgan fingerprint density at radius 1 is 0.760 bits per heavy atom. The Morgan fingerprint density at radius 3 is 2.04 bits per heavy atom. The maximum absolute atomic E-state index is 6.33. The first-order valence-corrected chi connectivity index (χ1v) is 8.85. The quantitative estimate of drug-likeness (QED) is 0.675. The molecular formula is C22H19ClN2. The molecule has 1 aliphatic heterocycles. The van der Waals surface area contributed by atoms with E-state index in [1.807, 2.05) is 30.3 Å². The van der Waals surface area contributed by atoms with Gasteiger partial charge in [-0.05, 0) is 22.8 Å². The van der Waals surface area contributed by atoms with Crippen molar-refractivity contribution in [1.82, 2.24) is 5.32 Å². The van der Waals surface area contributed by atoms with Crippen molar-refractivity contribution in [2.75, 3.05) is 0 Å². The summed E-state index contributed by atoms with van der Waals surface area (Å²) in [6.07, 6.45) is 0.715. The molecule has 0 saturated carbocycles. The molecule has 0 saturated heterocycles. The number of hydrogen-bond donors (Lipinski definition) is 1. The third-order valence-electron chi connectivity index (χ3n) is 4.55. The maximum Gasteiger partial charge on any atom is 0.102 e. The fraction of sp³-hybridized carbons (Fsp3) is 0.136. The van der Waals surface area contributed by atoms with Gasteiger partial charge < -0.3 is 5.32 Å². The van der Waals surface area contributed by atoms with Crippen molar-refractivity contribution in [2.24, 2.45) is 4.99 Å². The first kappa shape index (κ1) is 15.9. The van der Waals surface area contributed by atoms with Gasteiger partial charge >= 0.3 is 0 Å². The van der Waals surface area contributed by atoms with Gasteiger partial charge in [0.1, 0.15) is 11.9 Å². The van der Waals surface area contributed by atoms with Crippen LogP contribution in [0.5, 0.6) is 0 Å². The molecule has 4 rings (SSSR count). The van der Waals surface area contributed by atoms with Crippen LogP contribution in [0.2, 0.25) is 5.02 Å². The smallest absolute Gasteiger partial charge is 0.102 e. The number of benzene rings is 3. The van der Waals surface area contributed by atoms with Crippen LogP contribution >= 0.6 is 11.6 Å². The van der Waals surface area contributed by atoms with Crippen LogP contribution in [-0.2, 0) is 6.42 Å². The molecule has 25 heavy (non-hydrogen) atoms. The zero-order valence-corrected chi connectivity index (χ0v) is 14.5. The molecule has 1 N–H and O–H groups in total. The van der Waals surface area contributed by atoms with Crippen molar-refractivity contribution in [3.63, 3.8) is 0 Å². The van der Waals surface area contributed by atoms with Crippen LogP contribution in [0.4, 0.5) is 0 Å². The normalized spacial score (nSPS) is 19.3. The van der Waals surface area contributed by atoms with E-state index in [1.54, 1.807) is 0 Å². The Hall–Kier alpha value is -2.58. The van der Waals surface area contributed by atoms with Crippen LogP contribution in [0.3, 0.4) is 0 Å². The van der Waals surface area contributed by atoms with Gasteiger partial charge in [0.15, 0.2) is 0 Å². The lowest BCUT2D eigenvalue weighted by Gasteiger charge is -2.19. The van der Waals surface area contributed by atoms with E-state index in [0.717, 1.165) is 16.4 Å². The Morgan fingerprint density at radius 2 is 1.36 bits per heavy atom. The van der Waals surface area contributed by atoms with E-state index in [-0.39, 0.29) is 12.1 Å². The number of nitrogens with one attached hydrogen (secondary N) is 1. The summed E-state index contributed by atoms with van der Waals surface area (Å²) in [5.41, 5.74) is 3.56. The SMILES string of the molecule is Clc1ccccc1CC1=N[C@@H](c2ccccc2)[C@@H](c2ccccc2)N1. The maximum atomic E-state index is 6.33. The molecule has 1 aliphatic rings. The second-order valence-corrected chi connectivity index (χ2v) is 6.64. The molecule has 0 radical (unpaired) electrons. The number of nitrogens with zero attached hydrogens (tertiary/aromatic N) is 1. The highest BCUT2D eigenvalue weighted by atomic mass is 35.5. The summed E-state index contributed by atoms with van der Waals surface area (Å²) in [4.78, 5) is 5.00. The molecule has 0 bridgehead atoms. The fourth-order valence-electron chi connectivity index (χ4n) is 3.30. The molecule has 0 amide bonds. The lowest BCUT2D eigenvalue weighted by Crippen LogP contribution is -2.25. The summed E-state index contributed by atoms with van der Waals surface area (Å²) in [5.74, 6) is 0.982. The van der Waals surface area contributed by atoms with Gasteiger partial charge in [-0.15, -0.1) is 0 Å². The topological polar surface area (TPSA) is 24.4 Å². The van der Waals surface area contributed by atoms with Crippen LogP contribution in [-0.4, -0.2) is 5.84 Å². The lowest BCUT2D eigenvalue weighted by atomic mass is 9.95. The minimum absolute atomic E-state index is 0.0705. The van der Waals surface area contributed by atoms with Crippen LogP contribution in [0, 0.1) is 0 Å². The molecule has 0 fully saturated rings. The van der Waals surface area contributed by atoms with E-state index in [9.17, 15) is 0 Å². The highest BCUT2D eigenvalue weighted by Crippen LogP contribution is 2.36. The predicted octanol–water partition coefficient (Wildman–Crippen LogP) is 5.37. The average molecular weight is 347 g/mol. The molecule has 0 aromatic heterocycles. The summed E-state index contributed by atoms with van der Waals surface area (Å²) in [6, 6.07) is 29.1. The number of hydrogen-bond acceptors (Lipinski definition) is 2. The minimum atomic E-state index is 0.0705. The molecule has 3 aromatic rings. The molecule has 0 spiro atoms. The largest absolute Gasteiger partial charge is 0.364 e. The van der Waals surface area contributed by atoms with E-state index in [4.69, 9.17) is 16.6 Å². The predicted molar refractivity (Wildman–Crippen MR) is 104 cm³/mol. The van der Waals surface area contributed by atoms with Crippen LogP contribution < -0.4 is 5.32 Å². The fourth-order valence-corrected chi connectivity index (χ4v) is 3.50. The summed E-state index contributed by atoms with van der Waals surface area (Å²) in [6.45, 7) is 0.